The van der Waals surface area contributed by atoms with E-state index in [1.165, 1.54) is 6.07 Å². The number of hydrogen-bond acceptors (Lipinski definition) is 5. The lowest BCUT2D eigenvalue weighted by atomic mass is 10.1. The van der Waals surface area contributed by atoms with E-state index in [0.717, 1.165) is 6.26 Å². The first kappa shape index (κ1) is 19.9. The highest BCUT2D eigenvalue weighted by atomic mass is 35.5. The average molecular weight is 434 g/mol. The Morgan fingerprint density at radius 1 is 1.31 bits per heavy atom. The molecule has 0 radical (unpaired) electrons. The minimum atomic E-state index is -3.51. The number of fused-ring (bicyclic) bond motifs is 1. The van der Waals surface area contributed by atoms with E-state index in [2.05, 4.69) is 10.4 Å². The summed E-state index contributed by atoms with van der Waals surface area (Å²) in [6, 6.07) is 10.3. The van der Waals surface area contributed by atoms with Crippen LogP contribution in [0.5, 0.6) is 0 Å². The van der Waals surface area contributed by atoms with E-state index >= 15 is 0 Å². The Morgan fingerprint density at radius 3 is 2.72 bits per heavy atom. The fourth-order valence-corrected chi connectivity index (χ4v) is 4.39. The normalized spacial score (nSPS) is 14.7. The van der Waals surface area contributed by atoms with Gasteiger partial charge < -0.3 is 10.1 Å². The second-order valence-corrected chi connectivity index (χ2v) is 9.64. The molecule has 0 aliphatic carbocycles. The van der Waals surface area contributed by atoms with E-state index in [0.29, 0.717) is 52.9 Å². The number of sulfone groups is 1. The lowest BCUT2D eigenvalue weighted by Gasteiger charge is -2.25. The van der Waals surface area contributed by atoms with Crippen LogP contribution in [0.25, 0.3) is 10.9 Å². The summed E-state index contributed by atoms with van der Waals surface area (Å²) in [6.07, 6.45) is 2.97. The molecule has 7 nitrogen and oxygen atoms in total. The molecule has 1 aliphatic heterocycles. The van der Waals surface area contributed by atoms with Crippen molar-refractivity contribution in [3.63, 3.8) is 0 Å². The number of nitrogens with zero attached hydrogens (tertiary/aromatic N) is 2. The van der Waals surface area contributed by atoms with Gasteiger partial charge in [0.25, 0.3) is 0 Å². The molecule has 1 aliphatic rings. The van der Waals surface area contributed by atoms with Crippen LogP contribution in [0.15, 0.2) is 47.5 Å². The highest BCUT2D eigenvalue weighted by Gasteiger charge is 2.22. The van der Waals surface area contributed by atoms with E-state index in [1.807, 2.05) is 6.07 Å². The van der Waals surface area contributed by atoms with Crippen molar-refractivity contribution in [3.05, 3.63) is 53.2 Å². The van der Waals surface area contributed by atoms with E-state index in [-0.39, 0.29) is 17.2 Å². The Bertz CT molecular complexity index is 1190. The van der Waals surface area contributed by atoms with Gasteiger partial charge in [0.2, 0.25) is 5.91 Å². The standard InChI is InChI=1S/C20H20ClN3O4S/c1-29(26,27)19-8-15(22-20(25)6-14-4-2-3-5-17(14)21)7-18-16(19)10-24(23-18)9-13-11-28-12-13/h2-5,7-8,10,13H,6,9,11-12H2,1H3,(H,22,25). The summed E-state index contributed by atoms with van der Waals surface area (Å²) in [7, 11) is -3.51. The smallest absolute Gasteiger partial charge is 0.228 e. The highest BCUT2D eigenvalue weighted by Crippen LogP contribution is 2.28. The molecule has 0 saturated carbocycles. The van der Waals surface area contributed by atoms with Gasteiger partial charge in [-0.05, 0) is 23.8 Å². The maximum Gasteiger partial charge on any atom is 0.228 e. The first-order valence-electron chi connectivity index (χ1n) is 9.12. The summed E-state index contributed by atoms with van der Waals surface area (Å²) in [5.74, 6) is 0.0868. The predicted molar refractivity (Wildman–Crippen MR) is 111 cm³/mol. The second-order valence-electron chi connectivity index (χ2n) is 7.25. The number of aromatic nitrogens is 2. The minimum absolute atomic E-state index is 0.0854. The number of nitrogens with one attached hydrogen (secondary N) is 1. The third-order valence-electron chi connectivity index (χ3n) is 4.78. The summed E-state index contributed by atoms with van der Waals surface area (Å²) in [6.45, 7) is 2.02. The van der Waals surface area contributed by atoms with E-state index in [4.69, 9.17) is 16.3 Å². The van der Waals surface area contributed by atoms with Crippen molar-refractivity contribution in [3.8, 4) is 0 Å². The molecule has 2 aromatic carbocycles. The number of carbonyl (C=O) groups excluding carboxylic acids is 1. The van der Waals surface area contributed by atoms with Crippen LogP contribution in [0.4, 0.5) is 5.69 Å². The first-order chi connectivity index (χ1) is 13.8. The van der Waals surface area contributed by atoms with Gasteiger partial charge >= 0.3 is 0 Å². The third kappa shape index (κ3) is 4.44. The Kier molecular flexibility index (Phi) is 5.33. The zero-order chi connectivity index (χ0) is 20.6. The molecule has 2 heterocycles. The van der Waals surface area contributed by atoms with Crippen molar-refractivity contribution in [1.29, 1.82) is 0 Å². The number of amides is 1. The molecule has 1 fully saturated rings. The Labute approximate surface area is 173 Å². The van der Waals surface area contributed by atoms with Crippen molar-refractivity contribution in [2.24, 2.45) is 5.92 Å². The third-order valence-corrected chi connectivity index (χ3v) is 6.28. The molecule has 152 valence electrons. The molecule has 1 N–H and O–H groups in total. The van der Waals surface area contributed by atoms with Crippen LogP contribution in [0.2, 0.25) is 5.02 Å². The van der Waals surface area contributed by atoms with Crippen LogP contribution in [-0.2, 0) is 32.3 Å². The summed E-state index contributed by atoms with van der Waals surface area (Å²) in [5.41, 5.74) is 1.59. The molecule has 1 amide bonds. The van der Waals surface area contributed by atoms with Crippen molar-refractivity contribution in [1.82, 2.24) is 9.78 Å². The molecule has 1 aromatic heterocycles. The van der Waals surface area contributed by atoms with Gasteiger partial charge in [0.05, 0.1) is 30.0 Å². The van der Waals surface area contributed by atoms with Crippen molar-refractivity contribution in [2.45, 2.75) is 17.9 Å². The van der Waals surface area contributed by atoms with E-state index < -0.39 is 9.84 Å². The number of rotatable bonds is 6. The quantitative estimate of drug-likeness (QED) is 0.645. The topological polar surface area (TPSA) is 90.3 Å². The molecule has 0 spiro atoms. The van der Waals surface area contributed by atoms with Gasteiger partial charge in [0, 0.05) is 41.0 Å². The second kappa shape index (κ2) is 7.78. The number of anilines is 1. The summed E-state index contributed by atoms with van der Waals surface area (Å²) < 4.78 is 31.6. The summed E-state index contributed by atoms with van der Waals surface area (Å²) in [5, 5.41) is 8.31. The van der Waals surface area contributed by atoms with Crippen molar-refractivity contribution < 1.29 is 17.9 Å². The molecule has 3 aromatic rings. The van der Waals surface area contributed by atoms with Crippen LogP contribution in [0.3, 0.4) is 0 Å². The molecular formula is C20H20ClN3O4S. The lowest BCUT2D eigenvalue weighted by molar-refractivity contribution is -0.115. The summed E-state index contributed by atoms with van der Waals surface area (Å²) >= 11 is 6.11. The van der Waals surface area contributed by atoms with Crippen LogP contribution in [0.1, 0.15) is 5.56 Å². The highest BCUT2D eigenvalue weighted by molar-refractivity contribution is 7.91. The van der Waals surface area contributed by atoms with Gasteiger partial charge in [-0.15, -0.1) is 0 Å². The first-order valence-corrected chi connectivity index (χ1v) is 11.4. The Morgan fingerprint density at radius 2 is 2.07 bits per heavy atom. The predicted octanol–water partition coefficient (Wildman–Crippen LogP) is 2.92. The van der Waals surface area contributed by atoms with Gasteiger partial charge in [-0.3, -0.25) is 9.48 Å². The van der Waals surface area contributed by atoms with E-state index in [9.17, 15) is 13.2 Å². The van der Waals surface area contributed by atoms with Crippen LogP contribution in [-0.4, -0.2) is 43.6 Å². The van der Waals surface area contributed by atoms with Gasteiger partial charge in [-0.2, -0.15) is 5.10 Å². The van der Waals surface area contributed by atoms with Crippen molar-refractivity contribution in [2.75, 3.05) is 24.8 Å². The molecule has 0 bridgehead atoms. The SMILES string of the molecule is CS(=O)(=O)c1cc(NC(=O)Cc2ccccc2Cl)cc2nn(CC3COC3)cc12. The Balaban J connectivity index is 1.63. The largest absolute Gasteiger partial charge is 0.381 e. The van der Waals surface area contributed by atoms with Crippen LogP contribution < -0.4 is 5.32 Å². The van der Waals surface area contributed by atoms with Crippen LogP contribution >= 0.6 is 11.6 Å². The van der Waals surface area contributed by atoms with Crippen LogP contribution in [0, 0.1) is 5.92 Å². The molecular weight excluding hydrogens is 414 g/mol. The van der Waals surface area contributed by atoms with Crippen molar-refractivity contribution >= 4 is 43.9 Å². The fourth-order valence-electron chi connectivity index (χ4n) is 3.29. The molecule has 4 rings (SSSR count). The van der Waals surface area contributed by atoms with Gasteiger partial charge in [-0.25, -0.2) is 8.42 Å². The number of halogens is 1. The lowest BCUT2D eigenvalue weighted by Crippen LogP contribution is -2.31. The number of carbonyl (C=O) groups is 1. The van der Waals surface area contributed by atoms with Gasteiger partial charge in [0.15, 0.2) is 9.84 Å². The molecule has 9 heteroatoms. The number of benzene rings is 2. The zero-order valence-electron chi connectivity index (χ0n) is 15.8. The Hall–Kier alpha value is -2.42. The van der Waals surface area contributed by atoms with Gasteiger partial charge in [-0.1, -0.05) is 29.8 Å². The number of ether oxygens (including phenoxy) is 1. The zero-order valence-corrected chi connectivity index (χ0v) is 17.3. The molecule has 0 atom stereocenters. The molecule has 29 heavy (non-hydrogen) atoms. The number of hydrogen-bond donors (Lipinski definition) is 1. The summed E-state index contributed by atoms with van der Waals surface area (Å²) in [4.78, 5) is 12.6. The maximum absolute atomic E-state index is 12.5. The maximum atomic E-state index is 12.5. The fraction of sp³-hybridized carbons (Fsp3) is 0.300. The molecule has 0 unspecified atom stereocenters. The monoisotopic (exact) mass is 433 g/mol. The average Bonchev–Trinajstić information content (AvgIpc) is 3.01. The minimum Gasteiger partial charge on any atom is -0.381 e. The van der Waals surface area contributed by atoms with Gasteiger partial charge in [0.1, 0.15) is 0 Å². The van der Waals surface area contributed by atoms with E-state index in [1.54, 1.807) is 35.1 Å². The molecule has 1 saturated heterocycles.